The molecule has 1 aliphatic rings. The summed E-state index contributed by atoms with van der Waals surface area (Å²) in [4.78, 5) is 0. The number of aromatic nitrogens is 2. The summed E-state index contributed by atoms with van der Waals surface area (Å²) in [6, 6.07) is -25.4. The molecule has 53 heavy (non-hydrogen) atoms. The van der Waals surface area contributed by atoms with Gasteiger partial charge >= 0.3 is 0 Å². The van der Waals surface area contributed by atoms with Gasteiger partial charge in [0.25, 0.3) is 6.71 Å². The average molecular weight is 706 g/mol. The molecule has 4 heteroatoms. The lowest BCUT2D eigenvalue weighted by Gasteiger charge is -2.30. The van der Waals surface area contributed by atoms with Gasteiger partial charge in [0.05, 0.1) is 61.8 Å². The van der Waals surface area contributed by atoms with Crippen LogP contribution in [-0.2, 0) is 0 Å². The minimum Gasteiger partial charge on any atom is -0.458 e. The number of hydrogen-bond acceptors (Lipinski definition) is 1. The van der Waals surface area contributed by atoms with Gasteiger partial charge in [0.15, 0.2) is 0 Å². The van der Waals surface area contributed by atoms with Crippen molar-refractivity contribution in [1.29, 1.82) is 0 Å². The van der Waals surface area contributed by atoms with Gasteiger partial charge < -0.3 is 13.9 Å². The molecule has 3 nitrogen and oxygen atoms in total. The topological polar surface area (TPSA) is 19.1 Å². The van der Waals surface area contributed by atoms with Crippen molar-refractivity contribution >= 4 is 66.7 Å². The zero-order chi connectivity index (χ0) is 60.3. The first-order valence-electron chi connectivity index (χ1n) is 30.4. The van der Waals surface area contributed by atoms with Crippen LogP contribution in [0.5, 0.6) is 11.5 Å². The summed E-state index contributed by atoms with van der Waals surface area (Å²) in [6.45, 7) is -0.883. The summed E-state index contributed by atoms with van der Waals surface area (Å²) in [5.74, 6) is -1.55. The van der Waals surface area contributed by atoms with Crippen molar-refractivity contribution in [3.8, 4) is 34.0 Å². The van der Waals surface area contributed by atoms with Crippen molar-refractivity contribution in [2.45, 2.75) is 6.92 Å². The fourth-order valence-electron chi connectivity index (χ4n) is 6.91. The summed E-state index contributed by atoms with van der Waals surface area (Å²) in [5, 5.41) is -2.07. The quantitative estimate of drug-likeness (QED) is 0.167. The van der Waals surface area contributed by atoms with Crippen molar-refractivity contribution in [3.63, 3.8) is 0 Å². The third-order valence-electron chi connectivity index (χ3n) is 9.03. The smallest absolute Gasteiger partial charge is 0.254 e. The van der Waals surface area contributed by atoms with Gasteiger partial charge in [-0.05, 0) is 94.9 Å². The van der Waals surface area contributed by atoms with Gasteiger partial charge in [0, 0.05) is 32.9 Å². The second-order valence-electron chi connectivity index (χ2n) is 11.9. The van der Waals surface area contributed by atoms with E-state index in [0.717, 1.165) is 15.2 Å². The predicted octanol–water partition coefficient (Wildman–Crippen LogP) is 10.5. The normalized spacial score (nSPS) is 20.0. The third-order valence-corrected chi connectivity index (χ3v) is 9.03. The molecule has 0 amide bonds. The maximum absolute atomic E-state index is 10.2. The lowest BCUT2D eigenvalue weighted by Crippen LogP contribution is -2.56. The Bertz CT molecular complexity index is 4570. The maximum atomic E-state index is 10.2. The Hall–Kier alpha value is -6.78. The second kappa shape index (κ2) is 11.6. The van der Waals surface area contributed by atoms with Crippen LogP contribution in [0.15, 0.2) is 181 Å². The Morgan fingerprint density at radius 1 is 0.491 bits per heavy atom. The summed E-state index contributed by atoms with van der Waals surface area (Å²) < 4.78 is 274. The first kappa shape index (κ1) is 13.0. The van der Waals surface area contributed by atoms with Gasteiger partial charge in [-0.3, -0.25) is 0 Å². The van der Waals surface area contributed by atoms with E-state index in [4.69, 9.17) is 26.7 Å². The molecular formula is C49H33BN2O. The molecule has 3 heterocycles. The molecule has 0 bridgehead atoms. The van der Waals surface area contributed by atoms with E-state index in [1.807, 2.05) is 0 Å². The van der Waals surface area contributed by atoms with Crippen LogP contribution in [0, 0.1) is 6.92 Å². The summed E-state index contributed by atoms with van der Waals surface area (Å²) in [6.07, 6.45) is 0. The highest BCUT2D eigenvalue weighted by Crippen LogP contribution is 2.38. The monoisotopic (exact) mass is 705 g/mol. The molecule has 0 spiro atoms. The van der Waals surface area contributed by atoms with E-state index in [0.29, 0.717) is 0 Å². The molecule has 0 radical (unpaired) electrons. The number of para-hydroxylation sites is 4. The number of rotatable bonds is 4. The molecule has 0 saturated carbocycles. The number of fused-ring (bicyclic) bond motifs is 8. The van der Waals surface area contributed by atoms with Crippen LogP contribution in [0.1, 0.15) is 45.3 Å². The molecule has 8 aromatic carbocycles. The second-order valence-corrected chi connectivity index (χ2v) is 11.9. The Morgan fingerprint density at radius 2 is 1.06 bits per heavy atom. The summed E-state index contributed by atoms with van der Waals surface area (Å²) in [5.41, 5.74) is -7.81. The van der Waals surface area contributed by atoms with E-state index in [-0.39, 0.29) is 16.3 Å². The summed E-state index contributed by atoms with van der Waals surface area (Å²) >= 11 is 0. The zero-order valence-corrected chi connectivity index (χ0v) is 27.0. The molecule has 11 rings (SSSR count). The fraction of sp³-hybridized carbons (Fsp3) is 0.0204. The average Bonchev–Trinajstić information content (AvgIpc) is 1.50. The Balaban J connectivity index is 1.47. The van der Waals surface area contributed by atoms with Crippen molar-refractivity contribution in [1.82, 2.24) is 9.13 Å². The molecule has 10 aromatic rings. The van der Waals surface area contributed by atoms with Crippen LogP contribution < -0.4 is 21.1 Å². The molecule has 0 atom stereocenters. The van der Waals surface area contributed by atoms with Crippen LogP contribution in [-0.4, -0.2) is 15.8 Å². The third kappa shape index (κ3) is 4.49. The van der Waals surface area contributed by atoms with Crippen LogP contribution in [0.4, 0.5) is 0 Å². The Labute approximate surface area is 348 Å². The Morgan fingerprint density at radius 3 is 1.79 bits per heavy atom. The highest BCUT2D eigenvalue weighted by molar-refractivity contribution is 6.98. The molecule has 0 unspecified atom stereocenters. The first-order chi connectivity index (χ1) is 38.3. The molecular weight excluding hydrogens is 643 g/mol. The van der Waals surface area contributed by atoms with E-state index in [1.165, 1.54) is 6.92 Å². The van der Waals surface area contributed by atoms with Crippen molar-refractivity contribution in [3.05, 3.63) is 187 Å². The van der Waals surface area contributed by atoms with Crippen LogP contribution in [0.25, 0.3) is 66.1 Å². The van der Waals surface area contributed by atoms with Crippen molar-refractivity contribution in [2.75, 3.05) is 0 Å². The molecule has 0 saturated heterocycles. The number of hydrogen-bond donors (Lipinski definition) is 0. The largest absolute Gasteiger partial charge is 0.458 e. The standard InChI is InChI=1S/C49H33BN2O/c1-32-26-28-44-38(30-32)36-16-5-9-21-42(36)51(44)34-27-29-45-39(31-34)37-17-6-10-22-43(37)52(45)46-23-13-18-35(33-14-3-2-4-15-33)49(46)50-40-19-7-11-24-47(40)53-48-25-12-8-20-41(48)50/h2-31H,1H3/i2D,3D,4D,5D,6D,7D,8D,9D,10D,11D,12D,13D,14D,15D,16D,17D,19D,20D,21D,22D,23D,24D,25D,26D,27D,28D,29D,30D,31D. The fourth-order valence-corrected chi connectivity index (χ4v) is 6.91. The lowest BCUT2D eigenvalue weighted by atomic mass is 9.34. The zero-order valence-electron chi connectivity index (χ0n) is 56.0. The van der Waals surface area contributed by atoms with E-state index in [1.54, 1.807) is 0 Å². The highest BCUT2D eigenvalue weighted by atomic mass is 16.5. The minimum atomic E-state index is -2.21. The molecule has 1 aliphatic heterocycles. The lowest BCUT2D eigenvalue weighted by molar-refractivity contribution is 0.487. The van der Waals surface area contributed by atoms with Gasteiger partial charge in [0.2, 0.25) is 0 Å². The summed E-state index contributed by atoms with van der Waals surface area (Å²) in [7, 11) is 0. The minimum absolute atomic E-state index is 0.0978. The first-order valence-corrected chi connectivity index (χ1v) is 15.9. The van der Waals surface area contributed by atoms with Crippen molar-refractivity contribution < 1.29 is 44.5 Å². The SMILES string of the molecule is [2H]c1cc(-c2c([2H])c([2H])c([2H])c([2H])c2[2H])c(B2c3c([2H])c([2H])c([2H])c([2H])c3Oc3c([2H])c([2H])c([2H])c([2H])c32)c(-n2c3c([2H])c([2H])c([2H])c([2H])c3c3c([2H])c(-n4c5c([2H])c([2H])c([2H])c([2H])c5c5c([2H])c(C)c([2H])c([2H])c54)c([2H])c([2H])c32)c1[2H]. The number of benzene rings is 8. The molecule has 0 aliphatic carbocycles. The highest BCUT2D eigenvalue weighted by Gasteiger charge is 2.36. The van der Waals surface area contributed by atoms with Crippen LogP contribution in [0.3, 0.4) is 0 Å². The van der Waals surface area contributed by atoms with E-state index >= 15 is 0 Å². The molecule has 0 fully saturated rings. The molecule has 0 N–H and O–H groups in total. The van der Waals surface area contributed by atoms with Gasteiger partial charge in [-0.25, -0.2) is 0 Å². The van der Waals surface area contributed by atoms with Crippen LogP contribution in [0.2, 0.25) is 0 Å². The van der Waals surface area contributed by atoms with E-state index in [2.05, 4.69) is 0 Å². The number of ether oxygens (including phenoxy) is 1. The van der Waals surface area contributed by atoms with Crippen molar-refractivity contribution in [2.24, 2.45) is 0 Å². The van der Waals surface area contributed by atoms with Gasteiger partial charge in [-0.1, -0.05) is 126 Å². The molecule has 2 aromatic heterocycles. The molecule has 248 valence electrons. The maximum Gasteiger partial charge on any atom is 0.254 e. The Kier molecular flexibility index (Phi) is 2.86. The van der Waals surface area contributed by atoms with Gasteiger partial charge in [-0.15, -0.1) is 0 Å². The van der Waals surface area contributed by atoms with Crippen LogP contribution >= 0.6 is 0 Å². The van der Waals surface area contributed by atoms with E-state index in [9.17, 15) is 17.8 Å². The number of nitrogens with zero attached hydrogens (tertiary/aromatic N) is 2. The predicted molar refractivity (Wildman–Crippen MR) is 223 cm³/mol. The van der Waals surface area contributed by atoms with Gasteiger partial charge in [-0.2, -0.15) is 0 Å². The van der Waals surface area contributed by atoms with Gasteiger partial charge in [0.1, 0.15) is 11.5 Å². The van der Waals surface area contributed by atoms with E-state index < -0.39 is 265 Å².